The lowest BCUT2D eigenvalue weighted by Gasteiger charge is -2.30. The Kier molecular flexibility index (Phi) is 8.44. The van der Waals surface area contributed by atoms with E-state index in [1.54, 1.807) is 17.0 Å². The summed E-state index contributed by atoms with van der Waals surface area (Å²) in [7, 11) is -3.91. The van der Waals surface area contributed by atoms with E-state index in [0.29, 0.717) is 25.9 Å². The van der Waals surface area contributed by atoms with Gasteiger partial charge in [-0.2, -0.15) is 0 Å². The first-order valence-corrected chi connectivity index (χ1v) is 13.0. The zero-order valence-corrected chi connectivity index (χ0v) is 20.4. The van der Waals surface area contributed by atoms with E-state index in [1.165, 1.54) is 12.1 Å². The Bertz CT molecular complexity index is 1130. The Morgan fingerprint density at radius 3 is 2.35 bits per heavy atom. The van der Waals surface area contributed by atoms with Gasteiger partial charge in [-0.1, -0.05) is 49.4 Å². The van der Waals surface area contributed by atoms with Crippen molar-refractivity contribution >= 4 is 27.7 Å². The molecule has 0 saturated carbocycles. The normalized spacial score (nSPS) is 15.0. The van der Waals surface area contributed by atoms with Crippen LogP contribution in [0.5, 0.6) is 0 Å². The standard InChI is InChI=1S/C25H31N3O5S/c1-3-21(24(30)26-4-2)27(18-16-19-11-6-5-7-12-19)23(29)15-10-17-28-25(31)20-13-8-9-14-22(20)34(28,32)33/h5-9,11-14,21H,3-4,10,15-18H2,1-2H3,(H,26,30)/t21-/m1/s1. The molecule has 0 radical (unpaired) electrons. The molecular weight excluding hydrogens is 454 g/mol. The van der Waals surface area contributed by atoms with Crippen LogP contribution < -0.4 is 5.32 Å². The minimum absolute atomic E-state index is 0.00176. The maximum Gasteiger partial charge on any atom is 0.269 e. The van der Waals surface area contributed by atoms with Crippen LogP contribution in [-0.2, 0) is 26.0 Å². The molecule has 0 saturated heterocycles. The van der Waals surface area contributed by atoms with Gasteiger partial charge in [-0.25, -0.2) is 12.7 Å². The minimum Gasteiger partial charge on any atom is -0.355 e. The van der Waals surface area contributed by atoms with Crippen LogP contribution in [0.15, 0.2) is 59.5 Å². The summed E-state index contributed by atoms with van der Waals surface area (Å²) in [5.41, 5.74) is 1.21. The van der Waals surface area contributed by atoms with Crippen LogP contribution in [0.3, 0.4) is 0 Å². The molecule has 0 spiro atoms. The molecule has 2 aromatic rings. The van der Waals surface area contributed by atoms with Gasteiger partial charge in [0.2, 0.25) is 11.8 Å². The molecule has 8 nitrogen and oxygen atoms in total. The number of hydrogen-bond acceptors (Lipinski definition) is 5. The third-order valence-electron chi connectivity index (χ3n) is 5.89. The number of amides is 3. The third kappa shape index (κ3) is 5.47. The van der Waals surface area contributed by atoms with Crippen LogP contribution in [-0.4, -0.2) is 61.0 Å². The van der Waals surface area contributed by atoms with Gasteiger partial charge in [0.05, 0.1) is 5.56 Å². The first-order chi connectivity index (χ1) is 16.3. The summed E-state index contributed by atoms with van der Waals surface area (Å²) in [5.74, 6) is -1.02. The van der Waals surface area contributed by atoms with Crippen LogP contribution >= 0.6 is 0 Å². The summed E-state index contributed by atoms with van der Waals surface area (Å²) < 4.78 is 26.3. The zero-order valence-electron chi connectivity index (χ0n) is 19.6. The number of sulfonamides is 1. The Morgan fingerprint density at radius 2 is 1.71 bits per heavy atom. The fraction of sp³-hybridized carbons (Fsp3) is 0.400. The fourth-order valence-corrected chi connectivity index (χ4v) is 5.76. The van der Waals surface area contributed by atoms with E-state index in [9.17, 15) is 22.8 Å². The second-order valence-electron chi connectivity index (χ2n) is 8.12. The molecule has 3 rings (SSSR count). The molecule has 3 amide bonds. The van der Waals surface area contributed by atoms with Gasteiger partial charge in [0.15, 0.2) is 0 Å². The summed E-state index contributed by atoms with van der Waals surface area (Å²) in [6.45, 7) is 4.42. The summed E-state index contributed by atoms with van der Waals surface area (Å²) >= 11 is 0. The molecule has 1 atom stereocenters. The number of fused-ring (bicyclic) bond motifs is 1. The lowest BCUT2D eigenvalue weighted by molar-refractivity contribution is -0.140. The first kappa shape index (κ1) is 25.4. The molecule has 1 heterocycles. The maximum absolute atomic E-state index is 13.2. The molecule has 34 heavy (non-hydrogen) atoms. The number of carbonyl (C=O) groups is 3. The number of carbonyl (C=O) groups excluding carboxylic acids is 3. The minimum atomic E-state index is -3.91. The van der Waals surface area contributed by atoms with Gasteiger partial charge < -0.3 is 10.2 Å². The average molecular weight is 486 g/mol. The van der Waals surface area contributed by atoms with Crippen molar-refractivity contribution in [1.82, 2.24) is 14.5 Å². The van der Waals surface area contributed by atoms with Gasteiger partial charge >= 0.3 is 0 Å². The Morgan fingerprint density at radius 1 is 1.03 bits per heavy atom. The Hall–Kier alpha value is -3.20. The predicted octanol–water partition coefficient (Wildman–Crippen LogP) is 2.60. The lowest BCUT2D eigenvalue weighted by atomic mass is 10.1. The van der Waals surface area contributed by atoms with Crippen LogP contribution in [0.4, 0.5) is 0 Å². The highest BCUT2D eigenvalue weighted by molar-refractivity contribution is 7.90. The SMILES string of the molecule is CCNC(=O)[C@@H](CC)N(CCc1ccccc1)C(=O)CCCN1C(=O)c2ccccc2S1(=O)=O. The number of likely N-dealkylation sites (N-methyl/N-ethyl adjacent to an activating group) is 1. The molecule has 1 aliphatic heterocycles. The van der Waals surface area contributed by atoms with E-state index < -0.39 is 22.0 Å². The van der Waals surface area contributed by atoms with Crippen molar-refractivity contribution in [2.75, 3.05) is 19.6 Å². The van der Waals surface area contributed by atoms with Crippen molar-refractivity contribution in [3.8, 4) is 0 Å². The highest BCUT2D eigenvalue weighted by Crippen LogP contribution is 2.30. The lowest BCUT2D eigenvalue weighted by Crippen LogP contribution is -2.50. The number of nitrogens with zero attached hydrogens (tertiary/aromatic N) is 2. The average Bonchev–Trinajstić information content (AvgIpc) is 3.03. The highest BCUT2D eigenvalue weighted by atomic mass is 32.2. The molecular formula is C25H31N3O5S. The zero-order chi connectivity index (χ0) is 24.7. The molecule has 182 valence electrons. The second kappa shape index (κ2) is 11.3. The topological polar surface area (TPSA) is 104 Å². The number of benzene rings is 2. The molecule has 1 N–H and O–H groups in total. The van der Waals surface area contributed by atoms with E-state index in [-0.39, 0.29) is 41.7 Å². The van der Waals surface area contributed by atoms with Crippen molar-refractivity contribution < 1.29 is 22.8 Å². The molecule has 0 unspecified atom stereocenters. The first-order valence-electron chi connectivity index (χ1n) is 11.6. The van der Waals surface area contributed by atoms with Crippen LogP contribution in [0.1, 0.15) is 49.0 Å². The number of nitrogens with one attached hydrogen (secondary N) is 1. The van der Waals surface area contributed by atoms with Crippen molar-refractivity contribution in [3.05, 3.63) is 65.7 Å². The van der Waals surface area contributed by atoms with Gasteiger partial charge in [-0.15, -0.1) is 0 Å². The summed E-state index contributed by atoms with van der Waals surface area (Å²) in [6, 6.07) is 15.2. The van der Waals surface area contributed by atoms with Crippen molar-refractivity contribution in [1.29, 1.82) is 0 Å². The quantitative estimate of drug-likeness (QED) is 0.527. The fourth-order valence-electron chi connectivity index (χ4n) is 4.16. The van der Waals surface area contributed by atoms with E-state index in [0.717, 1.165) is 9.87 Å². The molecule has 0 aliphatic carbocycles. The summed E-state index contributed by atoms with van der Waals surface area (Å²) in [6.07, 6.45) is 1.25. The van der Waals surface area contributed by atoms with E-state index in [4.69, 9.17) is 0 Å². The third-order valence-corrected chi connectivity index (χ3v) is 7.73. The smallest absolute Gasteiger partial charge is 0.269 e. The van der Waals surface area contributed by atoms with Gasteiger partial charge in [0.1, 0.15) is 10.9 Å². The Balaban J connectivity index is 1.68. The molecule has 2 aromatic carbocycles. The maximum atomic E-state index is 13.2. The largest absolute Gasteiger partial charge is 0.355 e. The van der Waals surface area contributed by atoms with Crippen LogP contribution in [0.25, 0.3) is 0 Å². The molecule has 0 aromatic heterocycles. The van der Waals surface area contributed by atoms with E-state index in [1.807, 2.05) is 44.2 Å². The van der Waals surface area contributed by atoms with Gasteiger partial charge in [-0.05, 0) is 43.9 Å². The molecule has 1 aliphatic rings. The van der Waals surface area contributed by atoms with E-state index >= 15 is 0 Å². The van der Waals surface area contributed by atoms with Crippen LogP contribution in [0, 0.1) is 0 Å². The predicted molar refractivity (Wildman–Crippen MR) is 129 cm³/mol. The van der Waals surface area contributed by atoms with Crippen molar-refractivity contribution in [3.63, 3.8) is 0 Å². The van der Waals surface area contributed by atoms with Gasteiger partial charge in [0, 0.05) is 26.1 Å². The van der Waals surface area contributed by atoms with Crippen molar-refractivity contribution in [2.45, 2.75) is 50.5 Å². The summed E-state index contributed by atoms with van der Waals surface area (Å²) in [5, 5.41) is 2.79. The van der Waals surface area contributed by atoms with Crippen molar-refractivity contribution in [2.24, 2.45) is 0 Å². The molecule has 9 heteroatoms. The van der Waals surface area contributed by atoms with Gasteiger partial charge in [-0.3, -0.25) is 14.4 Å². The second-order valence-corrected chi connectivity index (χ2v) is 9.95. The summed E-state index contributed by atoms with van der Waals surface area (Å²) in [4.78, 5) is 40.0. The van der Waals surface area contributed by atoms with Crippen LogP contribution in [0.2, 0.25) is 0 Å². The van der Waals surface area contributed by atoms with E-state index in [2.05, 4.69) is 5.32 Å². The Labute approximate surface area is 201 Å². The number of hydrogen-bond donors (Lipinski definition) is 1. The highest BCUT2D eigenvalue weighted by Gasteiger charge is 2.40. The monoisotopic (exact) mass is 485 g/mol. The molecule has 0 fully saturated rings. The number of rotatable bonds is 11. The van der Waals surface area contributed by atoms with Gasteiger partial charge in [0.25, 0.3) is 15.9 Å². The molecule has 0 bridgehead atoms.